The maximum Gasteiger partial charge on any atom is 0.145 e. The molecule has 0 amide bonds. The summed E-state index contributed by atoms with van der Waals surface area (Å²) in [6.45, 7) is 4.12. The molecule has 2 rings (SSSR count). The summed E-state index contributed by atoms with van der Waals surface area (Å²) >= 11 is 0. The van der Waals surface area contributed by atoms with Gasteiger partial charge in [0.05, 0.1) is 11.8 Å². The largest absolute Gasteiger partial charge is 0.463 e. The Bertz CT molecular complexity index is 526. The zero-order valence-electron chi connectivity index (χ0n) is 10.0. The van der Waals surface area contributed by atoms with Crippen molar-refractivity contribution in [1.29, 1.82) is 5.41 Å². The van der Waals surface area contributed by atoms with Gasteiger partial charge in [-0.05, 0) is 5.92 Å². The minimum absolute atomic E-state index is 0.0568. The first-order valence-electron chi connectivity index (χ1n) is 5.62. The second-order valence-corrected chi connectivity index (χ2v) is 4.33. The number of hydrogen-bond donors (Lipinski definition) is 2. The number of nitrogens with one attached hydrogen (secondary N) is 1. The molecule has 0 aliphatic rings. The molecule has 3 N–H and O–H groups in total. The van der Waals surface area contributed by atoms with Crippen LogP contribution in [0.5, 0.6) is 0 Å². The van der Waals surface area contributed by atoms with Gasteiger partial charge < -0.3 is 10.2 Å². The summed E-state index contributed by atoms with van der Waals surface area (Å²) in [6, 6.07) is 9.74. The third-order valence-corrected chi connectivity index (χ3v) is 2.75. The van der Waals surface area contributed by atoms with Crippen molar-refractivity contribution in [1.82, 2.24) is 0 Å². The maximum absolute atomic E-state index is 7.69. The Balaban J connectivity index is 2.60. The van der Waals surface area contributed by atoms with E-state index in [1.165, 1.54) is 0 Å². The van der Waals surface area contributed by atoms with E-state index in [2.05, 4.69) is 13.8 Å². The number of hydrogen-bond acceptors (Lipinski definition) is 2. The van der Waals surface area contributed by atoms with Gasteiger partial charge in [-0.2, -0.15) is 0 Å². The fraction of sp³-hybridized carbons (Fsp3) is 0.214. The summed E-state index contributed by atoms with van der Waals surface area (Å²) in [4.78, 5) is 0. The molecular formula is C14H16N2O. The Labute approximate surface area is 101 Å². The van der Waals surface area contributed by atoms with E-state index in [9.17, 15) is 0 Å². The van der Waals surface area contributed by atoms with E-state index in [4.69, 9.17) is 15.6 Å². The fourth-order valence-electron chi connectivity index (χ4n) is 1.88. The van der Waals surface area contributed by atoms with Crippen molar-refractivity contribution < 1.29 is 4.42 Å². The zero-order chi connectivity index (χ0) is 12.4. The Morgan fingerprint density at radius 2 is 1.88 bits per heavy atom. The monoisotopic (exact) mass is 228 g/mol. The van der Waals surface area contributed by atoms with Gasteiger partial charge in [0.1, 0.15) is 11.6 Å². The topological polar surface area (TPSA) is 63.0 Å². The van der Waals surface area contributed by atoms with Gasteiger partial charge in [-0.1, -0.05) is 44.2 Å². The number of nitrogens with two attached hydrogens (primary N) is 1. The highest BCUT2D eigenvalue weighted by Gasteiger charge is 2.19. The summed E-state index contributed by atoms with van der Waals surface area (Å²) in [5, 5.41) is 7.69. The maximum atomic E-state index is 7.69. The van der Waals surface area contributed by atoms with Crippen LogP contribution in [-0.2, 0) is 0 Å². The summed E-state index contributed by atoms with van der Waals surface area (Å²) in [7, 11) is 0. The van der Waals surface area contributed by atoms with Crippen LogP contribution < -0.4 is 5.73 Å². The van der Waals surface area contributed by atoms with Crippen LogP contribution in [0.3, 0.4) is 0 Å². The third kappa shape index (κ3) is 2.09. The van der Waals surface area contributed by atoms with Gasteiger partial charge in [0.2, 0.25) is 0 Å². The predicted molar refractivity (Wildman–Crippen MR) is 69.2 cm³/mol. The molecule has 88 valence electrons. The molecule has 0 atom stereocenters. The van der Waals surface area contributed by atoms with E-state index < -0.39 is 0 Å². The fourth-order valence-corrected chi connectivity index (χ4v) is 1.88. The summed E-state index contributed by atoms with van der Waals surface area (Å²) in [5.41, 5.74) is 8.30. The molecule has 0 spiro atoms. The lowest BCUT2D eigenvalue weighted by molar-refractivity contribution is 0.576. The van der Waals surface area contributed by atoms with Crippen LogP contribution >= 0.6 is 0 Å². The molecule has 2 aromatic rings. The molecular weight excluding hydrogens is 212 g/mol. The van der Waals surface area contributed by atoms with Crippen LogP contribution in [0.4, 0.5) is 0 Å². The van der Waals surface area contributed by atoms with Crippen molar-refractivity contribution in [2.24, 2.45) is 5.73 Å². The van der Waals surface area contributed by atoms with E-state index >= 15 is 0 Å². The van der Waals surface area contributed by atoms with Crippen LogP contribution in [0.15, 0.2) is 41.0 Å². The van der Waals surface area contributed by atoms with Crippen LogP contribution in [-0.4, -0.2) is 5.84 Å². The Morgan fingerprint density at radius 3 is 2.41 bits per heavy atom. The third-order valence-electron chi connectivity index (χ3n) is 2.75. The van der Waals surface area contributed by atoms with Crippen molar-refractivity contribution in [3.8, 4) is 11.3 Å². The summed E-state index contributed by atoms with van der Waals surface area (Å²) < 4.78 is 5.58. The number of rotatable bonds is 3. The lowest BCUT2D eigenvalue weighted by Crippen LogP contribution is -2.14. The molecule has 0 radical (unpaired) electrons. The number of furan rings is 1. The van der Waals surface area contributed by atoms with Crippen molar-refractivity contribution in [2.45, 2.75) is 19.8 Å². The molecule has 3 heteroatoms. The highest BCUT2D eigenvalue weighted by atomic mass is 16.3. The normalized spacial score (nSPS) is 10.8. The minimum atomic E-state index is 0.0568. The average molecular weight is 228 g/mol. The second kappa shape index (κ2) is 4.45. The van der Waals surface area contributed by atoms with Gasteiger partial charge in [-0.3, -0.25) is 5.41 Å². The molecule has 0 aliphatic heterocycles. The molecule has 0 aliphatic carbocycles. The molecule has 0 fully saturated rings. The van der Waals surface area contributed by atoms with Gasteiger partial charge in [0.25, 0.3) is 0 Å². The standard InChI is InChI=1S/C14H16N2O/c1-9(2)11-8-17-13(12(11)14(15)16)10-6-4-3-5-7-10/h3-9H,1-2H3,(H3,15,16). The Morgan fingerprint density at radius 1 is 1.24 bits per heavy atom. The lowest BCUT2D eigenvalue weighted by Gasteiger charge is -2.06. The van der Waals surface area contributed by atoms with E-state index in [1.54, 1.807) is 6.26 Å². The van der Waals surface area contributed by atoms with Crippen molar-refractivity contribution in [3.63, 3.8) is 0 Å². The van der Waals surface area contributed by atoms with Crippen molar-refractivity contribution in [3.05, 3.63) is 47.7 Å². The summed E-state index contributed by atoms with van der Waals surface area (Å²) in [6.07, 6.45) is 1.70. The van der Waals surface area contributed by atoms with Crippen LogP contribution in [0, 0.1) is 5.41 Å². The lowest BCUT2D eigenvalue weighted by atomic mass is 9.97. The smallest absolute Gasteiger partial charge is 0.145 e. The molecule has 0 saturated carbocycles. The molecule has 1 aromatic carbocycles. The number of nitrogen functional groups attached to an aromatic ring is 1. The highest BCUT2D eigenvalue weighted by Crippen LogP contribution is 2.31. The van der Waals surface area contributed by atoms with Crippen LogP contribution in [0.1, 0.15) is 30.9 Å². The van der Waals surface area contributed by atoms with Gasteiger partial charge >= 0.3 is 0 Å². The SMILES string of the molecule is CC(C)c1coc(-c2ccccc2)c1C(=N)N. The number of benzene rings is 1. The Kier molecular flexibility index (Phi) is 3.00. The van der Waals surface area contributed by atoms with Crippen molar-refractivity contribution in [2.75, 3.05) is 0 Å². The molecule has 1 heterocycles. The summed E-state index contributed by atoms with van der Waals surface area (Å²) in [5.74, 6) is 1.03. The van der Waals surface area contributed by atoms with Gasteiger partial charge in [-0.15, -0.1) is 0 Å². The highest BCUT2D eigenvalue weighted by molar-refractivity contribution is 6.01. The molecule has 1 aromatic heterocycles. The van der Waals surface area contributed by atoms with E-state index in [0.29, 0.717) is 11.3 Å². The molecule has 3 nitrogen and oxygen atoms in total. The van der Waals surface area contributed by atoms with E-state index in [1.807, 2.05) is 30.3 Å². The van der Waals surface area contributed by atoms with Crippen molar-refractivity contribution >= 4 is 5.84 Å². The molecule has 0 unspecified atom stereocenters. The van der Waals surface area contributed by atoms with E-state index in [0.717, 1.165) is 11.1 Å². The Hall–Kier alpha value is -2.03. The first-order valence-corrected chi connectivity index (χ1v) is 5.62. The van der Waals surface area contributed by atoms with Crippen LogP contribution in [0.2, 0.25) is 0 Å². The van der Waals surface area contributed by atoms with Crippen LogP contribution in [0.25, 0.3) is 11.3 Å². The second-order valence-electron chi connectivity index (χ2n) is 4.33. The predicted octanol–water partition coefficient (Wildman–Crippen LogP) is 3.35. The molecule has 17 heavy (non-hydrogen) atoms. The van der Waals surface area contributed by atoms with Gasteiger partial charge in [0, 0.05) is 11.1 Å². The zero-order valence-corrected chi connectivity index (χ0v) is 10.0. The first-order chi connectivity index (χ1) is 8.11. The van der Waals surface area contributed by atoms with Gasteiger partial charge in [0.15, 0.2) is 0 Å². The average Bonchev–Trinajstić information content (AvgIpc) is 2.74. The van der Waals surface area contributed by atoms with Gasteiger partial charge in [-0.25, -0.2) is 0 Å². The number of amidine groups is 1. The first kappa shape index (κ1) is 11.5. The minimum Gasteiger partial charge on any atom is -0.463 e. The molecule has 0 saturated heterocycles. The van der Waals surface area contributed by atoms with E-state index in [-0.39, 0.29) is 11.8 Å². The quantitative estimate of drug-likeness (QED) is 0.625. The molecule has 0 bridgehead atoms.